The molecule has 1 aromatic heterocycles. The summed E-state index contributed by atoms with van der Waals surface area (Å²) < 4.78 is 28.2. The van der Waals surface area contributed by atoms with E-state index in [9.17, 15) is 13.2 Å². The van der Waals surface area contributed by atoms with E-state index < -0.39 is 22.0 Å². The molecule has 4 aromatic rings. The van der Waals surface area contributed by atoms with Gasteiger partial charge in [-0.15, -0.1) is 10.2 Å². The van der Waals surface area contributed by atoms with Gasteiger partial charge in [0.2, 0.25) is 21.1 Å². The predicted molar refractivity (Wildman–Crippen MR) is 130 cm³/mol. The van der Waals surface area contributed by atoms with Crippen molar-refractivity contribution >= 4 is 32.4 Å². The Hall–Kier alpha value is -3.40. The van der Waals surface area contributed by atoms with Crippen LogP contribution in [0.15, 0.2) is 91.0 Å². The second-order valence-electron chi connectivity index (χ2n) is 7.37. The Morgan fingerprint density at radius 3 is 2.03 bits per heavy atom. The molecule has 0 spiro atoms. The number of benzene rings is 3. The molecule has 1 amide bonds. The van der Waals surface area contributed by atoms with Crippen molar-refractivity contribution in [3.05, 3.63) is 102 Å². The lowest BCUT2D eigenvalue weighted by molar-refractivity contribution is -0.117. The van der Waals surface area contributed by atoms with Gasteiger partial charge in [0.05, 0.1) is 5.75 Å². The fraction of sp³-hybridized carbons (Fsp3) is 0.125. The second kappa shape index (κ2) is 10.5. The van der Waals surface area contributed by atoms with E-state index in [1.807, 2.05) is 66.7 Å². The second-order valence-corrected chi connectivity index (χ2v) is 10.1. The Kier molecular flexibility index (Phi) is 7.23. The lowest BCUT2D eigenvalue weighted by Crippen LogP contribution is -2.45. The van der Waals surface area contributed by atoms with Crippen molar-refractivity contribution in [2.24, 2.45) is 0 Å². The number of aromatic nitrogens is 2. The van der Waals surface area contributed by atoms with Crippen LogP contribution in [-0.2, 0) is 27.0 Å². The van der Waals surface area contributed by atoms with Gasteiger partial charge in [0, 0.05) is 5.56 Å². The predicted octanol–water partition coefficient (Wildman–Crippen LogP) is 3.87. The maximum atomic E-state index is 13.1. The molecule has 4 rings (SSSR count). The summed E-state index contributed by atoms with van der Waals surface area (Å²) in [5.41, 5.74) is 2.36. The summed E-state index contributed by atoms with van der Waals surface area (Å²) in [5, 5.41) is 11.9. The fourth-order valence-electron chi connectivity index (χ4n) is 3.25. The molecule has 33 heavy (non-hydrogen) atoms. The highest BCUT2D eigenvalue weighted by molar-refractivity contribution is 7.88. The Morgan fingerprint density at radius 1 is 0.818 bits per heavy atom. The maximum absolute atomic E-state index is 13.1. The molecule has 0 aliphatic heterocycles. The molecule has 168 valence electrons. The molecule has 3 aromatic carbocycles. The first-order chi connectivity index (χ1) is 16.0. The van der Waals surface area contributed by atoms with Crippen LogP contribution in [0.3, 0.4) is 0 Å². The molecule has 0 saturated heterocycles. The van der Waals surface area contributed by atoms with Crippen LogP contribution < -0.4 is 10.0 Å². The van der Waals surface area contributed by atoms with Crippen molar-refractivity contribution in [1.82, 2.24) is 14.9 Å². The molecule has 1 unspecified atom stereocenters. The number of anilines is 1. The number of hydrogen-bond donors (Lipinski definition) is 2. The monoisotopic (exact) mass is 478 g/mol. The minimum absolute atomic E-state index is 0.199. The van der Waals surface area contributed by atoms with Gasteiger partial charge in [-0.05, 0) is 17.5 Å². The number of carbonyl (C=O) groups excluding carboxylic acids is 1. The van der Waals surface area contributed by atoms with Gasteiger partial charge in [-0.25, -0.2) is 13.1 Å². The molecule has 0 radical (unpaired) electrons. The minimum atomic E-state index is -3.77. The first-order valence-electron chi connectivity index (χ1n) is 10.3. The topological polar surface area (TPSA) is 101 Å². The quantitative estimate of drug-likeness (QED) is 0.380. The zero-order valence-electron chi connectivity index (χ0n) is 17.6. The summed E-state index contributed by atoms with van der Waals surface area (Å²) in [4.78, 5) is 13.1. The molecule has 0 aliphatic carbocycles. The van der Waals surface area contributed by atoms with E-state index in [-0.39, 0.29) is 12.2 Å². The smallest absolute Gasteiger partial charge is 0.244 e. The zero-order chi connectivity index (χ0) is 23.1. The lowest BCUT2D eigenvalue weighted by Gasteiger charge is -2.18. The van der Waals surface area contributed by atoms with E-state index >= 15 is 0 Å². The Labute approximate surface area is 196 Å². The lowest BCUT2D eigenvalue weighted by atomic mass is 10.1. The summed E-state index contributed by atoms with van der Waals surface area (Å²) in [5.74, 6) is -0.713. The molecule has 0 fully saturated rings. The van der Waals surface area contributed by atoms with Crippen molar-refractivity contribution in [2.75, 3.05) is 5.32 Å². The van der Waals surface area contributed by atoms with Gasteiger partial charge in [0.15, 0.2) is 0 Å². The SMILES string of the molecule is O=C(Nc1nnc(-c2ccccc2)s1)C(Cc1ccccc1)NS(=O)(=O)Cc1ccccc1. The van der Waals surface area contributed by atoms with Gasteiger partial charge in [-0.3, -0.25) is 10.1 Å². The average Bonchev–Trinajstić information content (AvgIpc) is 3.28. The highest BCUT2D eigenvalue weighted by Gasteiger charge is 2.26. The molecular weight excluding hydrogens is 456 g/mol. The molecule has 2 N–H and O–H groups in total. The van der Waals surface area contributed by atoms with E-state index in [1.165, 1.54) is 11.3 Å². The minimum Gasteiger partial charge on any atom is -0.299 e. The standard InChI is InChI=1S/C24H22N4O3S2/c29-22(25-24-27-26-23(32-24)20-14-8-3-9-15-20)21(16-18-10-4-1-5-11-18)28-33(30,31)17-19-12-6-2-7-13-19/h1-15,21,28H,16-17H2,(H,25,27,29). The van der Waals surface area contributed by atoms with Crippen LogP contribution in [0.25, 0.3) is 10.6 Å². The summed E-state index contributed by atoms with van der Waals surface area (Å²) in [7, 11) is -3.77. The number of nitrogens with one attached hydrogen (secondary N) is 2. The average molecular weight is 479 g/mol. The van der Waals surface area contributed by atoms with Crippen LogP contribution in [0.2, 0.25) is 0 Å². The Morgan fingerprint density at radius 2 is 1.39 bits per heavy atom. The largest absolute Gasteiger partial charge is 0.299 e. The Balaban J connectivity index is 1.51. The van der Waals surface area contributed by atoms with Gasteiger partial charge in [-0.2, -0.15) is 0 Å². The molecule has 1 atom stereocenters. The van der Waals surface area contributed by atoms with Gasteiger partial charge < -0.3 is 0 Å². The number of amides is 1. The summed E-state index contributed by atoms with van der Waals surface area (Å²) in [6.07, 6.45) is 0.199. The molecule has 7 nitrogen and oxygen atoms in total. The van der Waals surface area contributed by atoms with E-state index in [2.05, 4.69) is 20.2 Å². The fourth-order valence-corrected chi connectivity index (χ4v) is 5.34. The Bertz CT molecular complexity index is 1300. The molecule has 9 heteroatoms. The summed E-state index contributed by atoms with van der Waals surface area (Å²) >= 11 is 1.23. The van der Waals surface area contributed by atoms with Crippen LogP contribution in [-0.4, -0.2) is 30.6 Å². The van der Waals surface area contributed by atoms with Crippen molar-refractivity contribution < 1.29 is 13.2 Å². The van der Waals surface area contributed by atoms with Gasteiger partial charge >= 0.3 is 0 Å². The molecule has 1 heterocycles. The first-order valence-corrected chi connectivity index (χ1v) is 12.7. The third kappa shape index (κ3) is 6.55. The number of hydrogen-bond acceptors (Lipinski definition) is 6. The molecule has 0 bridgehead atoms. The van der Waals surface area contributed by atoms with Crippen LogP contribution >= 0.6 is 11.3 Å². The maximum Gasteiger partial charge on any atom is 0.244 e. The number of nitrogens with zero attached hydrogens (tertiary/aromatic N) is 2. The number of rotatable bonds is 9. The van der Waals surface area contributed by atoms with Crippen LogP contribution in [0.4, 0.5) is 5.13 Å². The van der Waals surface area contributed by atoms with Gasteiger partial charge in [-0.1, -0.05) is 102 Å². The molecular formula is C24H22N4O3S2. The molecule has 0 saturated carbocycles. The number of sulfonamides is 1. The van der Waals surface area contributed by atoms with E-state index in [4.69, 9.17) is 0 Å². The molecule has 0 aliphatic rings. The van der Waals surface area contributed by atoms with Crippen molar-refractivity contribution in [1.29, 1.82) is 0 Å². The van der Waals surface area contributed by atoms with E-state index in [0.29, 0.717) is 15.7 Å². The van der Waals surface area contributed by atoms with Crippen molar-refractivity contribution in [3.8, 4) is 10.6 Å². The highest BCUT2D eigenvalue weighted by atomic mass is 32.2. The third-order valence-electron chi connectivity index (χ3n) is 4.80. The zero-order valence-corrected chi connectivity index (χ0v) is 19.2. The third-order valence-corrected chi connectivity index (χ3v) is 7.04. The van der Waals surface area contributed by atoms with E-state index in [0.717, 1.165) is 11.1 Å². The first kappa shape index (κ1) is 22.8. The van der Waals surface area contributed by atoms with Crippen molar-refractivity contribution in [2.45, 2.75) is 18.2 Å². The van der Waals surface area contributed by atoms with Crippen LogP contribution in [0.5, 0.6) is 0 Å². The van der Waals surface area contributed by atoms with Gasteiger partial charge in [0.1, 0.15) is 11.0 Å². The van der Waals surface area contributed by atoms with Crippen LogP contribution in [0, 0.1) is 0 Å². The summed E-state index contributed by atoms with van der Waals surface area (Å²) in [6, 6.07) is 26.6. The van der Waals surface area contributed by atoms with E-state index in [1.54, 1.807) is 24.3 Å². The number of carbonyl (C=O) groups is 1. The normalized spacial score (nSPS) is 12.2. The van der Waals surface area contributed by atoms with Crippen LogP contribution in [0.1, 0.15) is 11.1 Å². The summed E-state index contributed by atoms with van der Waals surface area (Å²) in [6.45, 7) is 0. The van der Waals surface area contributed by atoms with Gasteiger partial charge in [0.25, 0.3) is 0 Å². The highest BCUT2D eigenvalue weighted by Crippen LogP contribution is 2.26. The van der Waals surface area contributed by atoms with Crippen molar-refractivity contribution in [3.63, 3.8) is 0 Å².